The Hall–Kier alpha value is -3.42. The highest BCUT2D eigenvalue weighted by molar-refractivity contribution is 5.95. The van der Waals surface area contributed by atoms with Crippen LogP contribution in [0.2, 0.25) is 0 Å². The van der Waals surface area contributed by atoms with Crippen molar-refractivity contribution in [1.82, 2.24) is 10.6 Å². The molecule has 0 atom stereocenters. The lowest BCUT2D eigenvalue weighted by Crippen LogP contribution is -2.33. The van der Waals surface area contributed by atoms with Crippen LogP contribution in [0.25, 0.3) is 0 Å². The number of anilines is 1. The van der Waals surface area contributed by atoms with E-state index in [1.165, 1.54) is 0 Å². The van der Waals surface area contributed by atoms with Crippen molar-refractivity contribution in [2.24, 2.45) is 4.99 Å². The number of ether oxygens (including phenoxy) is 3. The Bertz CT molecular complexity index is 822. The molecule has 0 saturated carbocycles. The molecule has 8 nitrogen and oxygen atoms in total. The Labute approximate surface area is 171 Å². The van der Waals surface area contributed by atoms with E-state index in [2.05, 4.69) is 20.9 Å². The molecule has 0 aliphatic rings. The molecule has 0 fully saturated rings. The number of hydrogen-bond donors (Lipinski definition) is 3. The van der Waals surface area contributed by atoms with Crippen LogP contribution >= 0.6 is 0 Å². The summed E-state index contributed by atoms with van der Waals surface area (Å²) in [5.41, 5.74) is 1.75. The van der Waals surface area contributed by atoms with Crippen molar-refractivity contribution in [3.05, 3.63) is 48.0 Å². The van der Waals surface area contributed by atoms with Gasteiger partial charge in [-0.15, -0.1) is 0 Å². The normalized spacial score (nSPS) is 10.8. The third-order valence-electron chi connectivity index (χ3n) is 4.02. The van der Waals surface area contributed by atoms with E-state index in [-0.39, 0.29) is 12.5 Å². The van der Waals surface area contributed by atoms with Crippen molar-refractivity contribution in [3.8, 4) is 17.2 Å². The number of rotatable bonds is 9. The zero-order chi connectivity index (χ0) is 21.1. The SMILES string of the molecule is CCNC(=NCC(=O)NCc1ccc(OC)cc1)Nc1ccc(OC)c(OC)c1. The van der Waals surface area contributed by atoms with Crippen molar-refractivity contribution in [1.29, 1.82) is 0 Å². The van der Waals surface area contributed by atoms with Gasteiger partial charge in [-0.1, -0.05) is 12.1 Å². The first-order valence-electron chi connectivity index (χ1n) is 9.26. The summed E-state index contributed by atoms with van der Waals surface area (Å²) >= 11 is 0. The second-order valence-electron chi connectivity index (χ2n) is 6.01. The summed E-state index contributed by atoms with van der Waals surface area (Å²) in [4.78, 5) is 16.5. The molecule has 0 aliphatic heterocycles. The second-order valence-corrected chi connectivity index (χ2v) is 6.01. The van der Waals surface area contributed by atoms with Gasteiger partial charge in [-0.05, 0) is 36.8 Å². The summed E-state index contributed by atoms with van der Waals surface area (Å²) in [5, 5.41) is 9.12. The van der Waals surface area contributed by atoms with E-state index >= 15 is 0 Å². The fourth-order valence-electron chi connectivity index (χ4n) is 2.51. The Morgan fingerprint density at radius 3 is 2.28 bits per heavy atom. The molecule has 0 bridgehead atoms. The zero-order valence-electron chi connectivity index (χ0n) is 17.2. The first-order chi connectivity index (χ1) is 14.1. The number of carbonyl (C=O) groups excluding carboxylic acids is 1. The number of nitrogens with one attached hydrogen (secondary N) is 3. The van der Waals surface area contributed by atoms with E-state index in [1.807, 2.05) is 37.3 Å². The molecule has 0 spiro atoms. The third kappa shape index (κ3) is 6.91. The number of hydrogen-bond acceptors (Lipinski definition) is 5. The maximum atomic E-state index is 12.1. The lowest BCUT2D eigenvalue weighted by molar-refractivity contribution is -0.119. The number of amides is 1. The van der Waals surface area contributed by atoms with Crippen molar-refractivity contribution < 1.29 is 19.0 Å². The largest absolute Gasteiger partial charge is 0.497 e. The van der Waals surface area contributed by atoms with Crippen molar-refractivity contribution >= 4 is 17.6 Å². The summed E-state index contributed by atoms with van der Waals surface area (Å²) in [6, 6.07) is 13.0. The van der Waals surface area contributed by atoms with Gasteiger partial charge >= 0.3 is 0 Å². The molecule has 3 N–H and O–H groups in total. The monoisotopic (exact) mass is 400 g/mol. The number of aliphatic imine (C=N–C) groups is 1. The second kappa shape index (κ2) is 11.4. The van der Waals surface area contributed by atoms with Gasteiger partial charge in [0.1, 0.15) is 12.3 Å². The van der Waals surface area contributed by atoms with E-state index in [0.717, 1.165) is 17.0 Å². The van der Waals surface area contributed by atoms with Crippen LogP contribution in [0.1, 0.15) is 12.5 Å². The summed E-state index contributed by atoms with van der Waals surface area (Å²) in [5.74, 6) is 2.34. The highest BCUT2D eigenvalue weighted by atomic mass is 16.5. The topological polar surface area (TPSA) is 93.2 Å². The smallest absolute Gasteiger partial charge is 0.242 e. The average Bonchev–Trinajstić information content (AvgIpc) is 2.76. The van der Waals surface area contributed by atoms with Gasteiger partial charge in [0, 0.05) is 24.8 Å². The van der Waals surface area contributed by atoms with Crippen LogP contribution in [0.5, 0.6) is 17.2 Å². The summed E-state index contributed by atoms with van der Waals surface area (Å²) in [6.07, 6.45) is 0. The fourth-order valence-corrected chi connectivity index (χ4v) is 2.51. The fraction of sp³-hybridized carbons (Fsp3) is 0.333. The lowest BCUT2D eigenvalue weighted by Gasteiger charge is -2.14. The number of benzene rings is 2. The van der Waals surface area contributed by atoms with Crippen molar-refractivity contribution in [3.63, 3.8) is 0 Å². The molecule has 156 valence electrons. The summed E-state index contributed by atoms with van der Waals surface area (Å²) in [6.45, 7) is 3.04. The molecule has 0 saturated heterocycles. The van der Waals surface area contributed by atoms with Gasteiger partial charge in [0.05, 0.1) is 21.3 Å². The molecule has 2 aromatic carbocycles. The van der Waals surface area contributed by atoms with E-state index in [1.54, 1.807) is 33.5 Å². The zero-order valence-corrected chi connectivity index (χ0v) is 17.2. The van der Waals surface area contributed by atoms with Gasteiger partial charge in [-0.2, -0.15) is 0 Å². The molecule has 0 aliphatic carbocycles. The number of carbonyl (C=O) groups is 1. The first kappa shape index (κ1) is 21.9. The van der Waals surface area contributed by atoms with E-state index in [4.69, 9.17) is 14.2 Å². The van der Waals surface area contributed by atoms with Crippen LogP contribution in [-0.4, -0.2) is 46.3 Å². The van der Waals surface area contributed by atoms with Crippen LogP contribution in [0, 0.1) is 0 Å². The van der Waals surface area contributed by atoms with Crippen LogP contribution in [0.15, 0.2) is 47.5 Å². The molecular weight excluding hydrogens is 372 g/mol. The predicted molar refractivity (Wildman–Crippen MR) is 114 cm³/mol. The molecule has 0 heterocycles. The van der Waals surface area contributed by atoms with E-state index < -0.39 is 0 Å². The van der Waals surface area contributed by atoms with Gasteiger partial charge in [0.25, 0.3) is 0 Å². The number of methoxy groups -OCH3 is 3. The average molecular weight is 400 g/mol. The molecule has 2 aromatic rings. The quantitative estimate of drug-likeness (QED) is 0.442. The van der Waals surface area contributed by atoms with Gasteiger partial charge in [0.2, 0.25) is 5.91 Å². The van der Waals surface area contributed by atoms with Crippen LogP contribution < -0.4 is 30.2 Å². The Morgan fingerprint density at radius 2 is 1.66 bits per heavy atom. The molecule has 0 aromatic heterocycles. The minimum absolute atomic E-state index is 0.00121. The molecule has 1 amide bonds. The minimum Gasteiger partial charge on any atom is -0.497 e. The molecule has 2 rings (SSSR count). The van der Waals surface area contributed by atoms with Crippen LogP contribution in [0.3, 0.4) is 0 Å². The molecule has 29 heavy (non-hydrogen) atoms. The maximum absolute atomic E-state index is 12.1. The third-order valence-corrected chi connectivity index (χ3v) is 4.02. The van der Waals surface area contributed by atoms with Gasteiger partial charge in [0.15, 0.2) is 17.5 Å². The standard InChI is InChI=1S/C21H28N4O4/c1-5-22-21(25-16-8-11-18(28-3)19(12-16)29-4)24-14-20(26)23-13-15-6-9-17(27-2)10-7-15/h6-12H,5,13-14H2,1-4H3,(H,23,26)(H2,22,24,25). The number of nitrogens with zero attached hydrogens (tertiary/aromatic N) is 1. The summed E-state index contributed by atoms with van der Waals surface area (Å²) in [7, 11) is 4.78. The van der Waals surface area contributed by atoms with Gasteiger partial charge in [-0.3, -0.25) is 4.79 Å². The summed E-state index contributed by atoms with van der Waals surface area (Å²) < 4.78 is 15.7. The van der Waals surface area contributed by atoms with Gasteiger partial charge in [-0.25, -0.2) is 4.99 Å². The molecule has 8 heteroatoms. The predicted octanol–water partition coefficient (Wildman–Crippen LogP) is 2.41. The van der Waals surface area contributed by atoms with E-state index in [0.29, 0.717) is 30.5 Å². The Balaban J connectivity index is 1.94. The van der Waals surface area contributed by atoms with Crippen molar-refractivity contribution in [2.45, 2.75) is 13.5 Å². The first-order valence-corrected chi connectivity index (χ1v) is 9.26. The van der Waals surface area contributed by atoms with Gasteiger partial charge < -0.3 is 30.2 Å². The minimum atomic E-state index is -0.176. The lowest BCUT2D eigenvalue weighted by atomic mass is 10.2. The van der Waals surface area contributed by atoms with E-state index in [9.17, 15) is 4.79 Å². The van der Waals surface area contributed by atoms with Crippen molar-refractivity contribution in [2.75, 3.05) is 39.7 Å². The highest BCUT2D eigenvalue weighted by Gasteiger charge is 2.07. The van der Waals surface area contributed by atoms with Crippen LogP contribution in [-0.2, 0) is 11.3 Å². The maximum Gasteiger partial charge on any atom is 0.242 e. The Morgan fingerprint density at radius 1 is 0.931 bits per heavy atom. The molecule has 0 radical (unpaired) electrons. The number of guanidine groups is 1. The van der Waals surface area contributed by atoms with Crippen LogP contribution in [0.4, 0.5) is 5.69 Å². The highest BCUT2D eigenvalue weighted by Crippen LogP contribution is 2.29. The molecular formula is C21H28N4O4. The Kier molecular flexibility index (Phi) is 8.62. The molecule has 0 unspecified atom stereocenters.